The molecule has 1 heteroatoms. The maximum absolute atomic E-state index is 6.22. The molecule has 1 nitrogen and oxygen atoms in total. The van der Waals surface area contributed by atoms with Gasteiger partial charge in [-0.05, 0) is 50.2 Å². The monoisotopic (exact) mass is 267 g/mol. The van der Waals surface area contributed by atoms with Crippen LogP contribution in [0, 0.1) is 6.92 Å². The molecule has 0 aromatic heterocycles. The molecule has 0 spiro atoms. The summed E-state index contributed by atoms with van der Waals surface area (Å²) in [5, 5.41) is 0. The van der Waals surface area contributed by atoms with Gasteiger partial charge in [-0.1, -0.05) is 60.2 Å². The van der Waals surface area contributed by atoms with Crippen LogP contribution in [0.25, 0.3) is 0 Å². The van der Waals surface area contributed by atoms with Crippen LogP contribution in [0.5, 0.6) is 0 Å². The molecule has 0 amide bonds. The Balaban J connectivity index is 1.65. The minimum atomic E-state index is 0.319. The average molecular weight is 267 g/mol. The van der Waals surface area contributed by atoms with Crippen LogP contribution >= 0.6 is 0 Å². The zero-order valence-electron chi connectivity index (χ0n) is 12.4. The lowest BCUT2D eigenvalue weighted by Crippen LogP contribution is -2.20. The molecule has 106 valence electrons. The minimum Gasteiger partial charge on any atom is -0.328 e. The van der Waals surface area contributed by atoms with Crippen LogP contribution < -0.4 is 5.73 Å². The average Bonchev–Trinajstić information content (AvgIpc) is 2.48. The first kappa shape index (κ1) is 14.8. The number of nitrogens with two attached hydrogens (primary N) is 1. The van der Waals surface area contributed by atoms with E-state index in [9.17, 15) is 0 Å². The highest BCUT2D eigenvalue weighted by molar-refractivity contribution is 5.21. The molecule has 2 aromatic rings. The second-order valence-electron chi connectivity index (χ2n) is 5.66. The van der Waals surface area contributed by atoms with Crippen LogP contribution in [0.15, 0.2) is 54.6 Å². The normalized spacial score (nSPS) is 12.3. The maximum atomic E-state index is 6.22. The largest absolute Gasteiger partial charge is 0.328 e. The predicted molar refractivity (Wildman–Crippen MR) is 86.9 cm³/mol. The van der Waals surface area contributed by atoms with Crippen molar-refractivity contribution in [2.45, 2.75) is 45.1 Å². The summed E-state index contributed by atoms with van der Waals surface area (Å²) in [5.41, 5.74) is 10.3. The van der Waals surface area contributed by atoms with Gasteiger partial charge in [0.1, 0.15) is 0 Å². The lowest BCUT2D eigenvalue weighted by molar-refractivity contribution is 0.546. The van der Waals surface area contributed by atoms with Gasteiger partial charge in [-0.2, -0.15) is 0 Å². The van der Waals surface area contributed by atoms with E-state index in [0.29, 0.717) is 6.04 Å². The summed E-state index contributed by atoms with van der Waals surface area (Å²) < 4.78 is 0. The SMILES string of the molecule is Cc1ccc(CCC(N)CCCc2ccccc2)cc1. The van der Waals surface area contributed by atoms with Crippen LogP contribution in [-0.4, -0.2) is 6.04 Å². The lowest BCUT2D eigenvalue weighted by atomic mass is 9.99. The number of hydrogen-bond donors (Lipinski definition) is 1. The molecule has 0 bridgehead atoms. The van der Waals surface area contributed by atoms with E-state index in [1.807, 2.05) is 0 Å². The van der Waals surface area contributed by atoms with Crippen LogP contribution in [0.2, 0.25) is 0 Å². The minimum absolute atomic E-state index is 0.319. The summed E-state index contributed by atoms with van der Waals surface area (Å²) in [6, 6.07) is 19.8. The first-order valence-electron chi connectivity index (χ1n) is 7.59. The third kappa shape index (κ3) is 5.18. The van der Waals surface area contributed by atoms with E-state index in [-0.39, 0.29) is 0 Å². The van der Waals surface area contributed by atoms with E-state index >= 15 is 0 Å². The third-order valence-corrected chi connectivity index (χ3v) is 3.81. The van der Waals surface area contributed by atoms with Crippen LogP contribution in [-0.2, 0) is 12.8 Å². The van der Waals surface area contributed by atoms with Crippen molar-refractivity contribution in [1.82, 2.24) is 0 Å². The molecule has 0 saturated heterocycles. The molecule has 0 aliphatic heterocycles. The summed E-state index contributed by atoms with van der Waals surface area (Å²) in [4.78, 5) is 0. The number of rotatable bonds is 7. The first-order chi connectivity index (χ1) is 9.74. The van der Waals surface area contributed by atoms with Crippen molar-refractivity contribution in [3.8, 4) is 0 Å². The van der Waals surface area contributed by atoms with Crippen molar-refractivity contribution >= 4 is 0 Å². The topological polar surface area (TPSA) is 26.0 Å². The fourth-order valence-corrected chi connectivity index (χ4v) is 2.46. The molecular formula is C19H25N. The third-order valence-electron chi connectivity index (χ3n) is 3.81. The highest BCUT2D eigenvalue weighted by Crippen LogP contribution is 2.11. The molecule has 0 aliphatic carbocycles. The quantitative estimate of drug-likeness (QED) is 0.796. The predicted octanol–water partition coefficient (Wildman–Crippen LogP) is 4.28. The second-order valence-corrected chi connectivity index (χ2v) is 5.66. The number of benzene rings is 2. The smallest absolute Gasteiger partial charge is 0.00421 e. The van der Waals surface area contributed by atoms with E-state index in [1.165, 1.54) is 23.1 Å². The lowest BCUT2D eigenvalue weighted by Gasteiger charge is -2.11. The van der Waals surface area contributed by atoms with E-state index in [2.05, 4.69) is 61.5 Å². The van der Waals surface area contributed by atoms with Crippen molar-refractivity contribution in [3.63, 3.8) is 0 Å². The van der Waals surface area contributed by atoms with E-state index in [1.54, 1.807) is 0 Å². The first-order valence-corrected chi connectivity index (χ1v) is 7.59. The molecule has 2 N–H and O–H groups in total. The molecule has 1 unspecified atom stereocenters. The number of aryl methyl sites for hydroxylation is 3. The zero-order chi connectivity index (χ0) is 14.2. The molecule has 0 saturated carbocycles. The fourth-order valence-electron chi connectivity index (χ4n) is 2.46. The van der Waals surface area contributed by atoms with Crippen LogP contribution in [0.1, 0.15) is 36.0 Å². The number of hydrogen-bond acceptors (Lipinski definition) is 1. The standard InChI is InChI=1S/C19H25N/c1-16-10-12-18(13-11-16)14-15-19(20)9-5-8-17-6-3-2-4-7-17/h2-4,6-7,10-13,19H,5,8-9,14-15,20H2,1H3. The molecule has 0 fully saturated rings. The van der Waals surface area contributed by atoms with Crippen LogP contribution in [0.4, 0.5) is 0 Å². The molecule has 2 aromatic carbocycles. The Labute approximate surface area is 122 Å². The molecule has 0 heterocycles. The Morgan fingerprint density at radius 2 is 1.45 bits per heavy atom. The second kappa shape index (κ2) is 7.86. The van der Waals surface area contributed by atoms with Gasteiger partial charge in [-0.25, -0.2) is 0 Å². The summed E-state index contributed by atoms with van der Waals surface area (Å²) >= 11 is 0. The summed E-state index contributed by atoms with van der Waals surface area (Å²) in [5.74, 6) is 0. The van der Waals surface area contributed by atoms with Gasteiger partial charge in [0.05, 0.1) is 0 Å². The molecule has 0 aliphatic rings. The van der Waals surface area contributed by atoms with Crippen molar-refractivity contribution in [3.05, 3.63) is 71.3 Å². The van der Waals surface area contributed by atoms with E-state index in [0.717, 1.165) is 25.7 Å². The molecule has 0 radical (unpaired) electrons. The van der Waals surface area contributed by atoms with Gasteiger partial charge in [0.25, 0.3) is 0 Å². The van der Waals surface area contributed by atoms with Gasteiger partial charge in [0.15, 0.2) is 0 Å². The van der Waals surface area contributed by atoms with Crippen molar-refractivity contribution in [2.24, 2.45) is 5.73 Å². The molecule has 1 atom stereocenters. The van der Waals surface area contributed by atoms with E-state index < -0.39 is 0 Å². The van der Waals surface area contributed by atoms with Crippen molar-refractivity contribution < 1.29 is 0 Å². The Bertz CT molecular complexity index is 487. The van der Waals surface area contributed by atoms with Gasteiger partial charge in [-0.15, -0.1) is 0 Å². The summed E-state index contributed by atoms with van der Waals surface area (Å²) in [7, 11) is 0. The Morgan fingerprint density at radius 1 is 0.800 bits per heavy atom. The van der Waals surface area contributed by atoms with Gasteiger partial charge in [0.2, 0.25) is 0 Å². The van der Waals surface area contributed by atoms with Gasteiger partial charge >= 0.3 is 0 Å². The molecular weight excluding hydrogens is 242 g/mol. The van der Waals surface area contributed by atoms with Crippen molar-refractivity contribution in [1.29, 1.82) is 0 Å². The van der Waals surface area contributed by atoms with Crippen LogP contribution in [0.3, 0.4) is 0 Å². The summed E-state index contributed by atoms with van der Waals surface area (Å²) in [6.45, 7) is 2.12. The Morgan fingerprint density at radius 3 is 2.15 bits per heavy atom. The van der Waals surface area contributed by atoms with E-state index in [4.69, 9.17) is 5.73 Å². The fraction of sp³-hybridized carbons (Fsp3) is 0.368. The maximum Gasteiger partial charge on any atom is 0.00421 e. The Kier molecular flexibility index (Phi) is 5.82. The molecule has 20 heavy (non-hydrogen) atoms. The Hall–Kier alpha value is -1.60. The zero-order valence-corrected chi connectivity index (χ0v) is 12.4. The summed E-state index contributed by atoms with van der Waals surface area (Å²) in [6.07, 6.45) is 5.60. The van der Waals surface area contributed by atoms with Gasteiger partial charge in [0, 0.05) is 6.04 Å². The molecule has 2 rings (SSSR count). The van der Waals surface area contributed by atoms with Gasteiger partial charge < -0.3 is 5.73 Å². The van der Waals surface area contributed by atoms with Crippen molar-refractivity contribution in [2.75, 3.05) is 0 Å². The highest BCUT2D eigenvalue weighted by Gasteiger charge is 2.03. The highest BCUT2D eigenvalue weighted by atomic mass is 14.6. The van der Waals surface area contributed by atoms with Gasteiger partial charge in [-0.3, -0.25) is 0 Å².